The Morgan fingerprint density at radius 3 is 2.81 bits per heavy atom. The molecule has 21 heavy (non-hydrogen) atoms. The SMILES string of the molecule is CCNC(=O)COc1ccc(S(=O)(=O)Cl)c2cccnc12. The summed E-state index contributed by atoms with van der Waals surface area (Å²) >= 11 is 0. The molecule has 0 fully saturated rings. The number of nitrogens with zero attached hydrogens (tertiary/aromatic N) is 1. The standard InChI is InChI=1S/C13H13ClN2O4S/c1-2-15-12(17)8-20-10-5-6-11(21(14,18)19)9-4-3-7-16-13(9)10/h3-7H,2,8H2,1H3,(H,15,17). The second-order valence-corrected chi connectivity index (χ2v) is 6.68. The average molecular weight is 329 g/mol. The molecule has 1 amide bonds. The molecule has 0 aliphatic carbocycles. The molecule has 0 saturated carbocycles. The summed E-state index contributed by atoms with van der Waals surface area (Å²) in [5.74, 6) is 0.0524. The first-order chi connectivity index (χ1) is 9.93. The predicted octanol–water partition coefficient (Wildman–Crippen LogP) is 1.68. The number of carbonyl (C=O) groups excluding carboxylic acids is 1. The fourth-order valence-corrected chi connectivity index (χ4v) is 2.90. The van der Waals surface area contributed by atoms with Gasteiger partial charge in [0, 0.05) is 28.8 Å². The minimum Gasteiger partial charge on any atom is -0.481 e. The Morgan fingerprint density at radius 2 is 2.14 bits per heavy atom. The van der Waals surface area contributed by atoms with Gasteiger partial charge in [-0.3, -0.25) is 9.78 Å². The summed E-state index contributed by atoms with van der Waals surface area (Å²) in [4.78, 5) is 15.5. The van der Waals surface area contributed by atoms with Crippen molar-refractivity contribution in [2.75, 3.05) is 13.2 Å². The highest BCUT2D eigenvalue weighted by Gasteiger charge is 2.17. The van der Waals surface area contributed by atoms with Gasteiger partial charge in [-0.25, -0.2) is 8.42 Å². The summed E-state index contributed by atoms with van der Waals surface area (Å²) in [5.41, 5.74) is 0.337. The Morgan fingerprint density at radius 1 is 1.38 bits per heavy atom. The number of fused-ring (bicyclic) bond motifs is 1. The van der Waals surface area contributed by atoms with E-state index >= 15 is 0 Å². The van der Waals surface area contributed by atoms with Crippen molar-refractivity contribution in [3.63, 3.8) is 0 Å². The number of likely N-dealkylation sites (N-methyl/N-ethyl adjacent to an activating group) is 1. The van der Waals surface area contributed by atoms with Gasteiger partial charge in [-0.15, -0.1) is 0 Å². The molecule has 0 saturated heterocycles. The molecule has 2 aromatic rings. The van der Waals surface area contributed by atoms with Gasteiger partial charge in [-0.1, -0.05) is 0 Å². The van der Waals surface area contributed by atoms with Gasteiger partial charge < -0.3 is 10.1 Å². The molecule has 1 aromatic heterocycles. The third-order valence-corrected chi connectivity index (χ3v) is 4.07. The van der Waals surface area contributed by atoms with Crippen LogP contribution in [0.1, 0.15) is 6.92 Å². The van der Waals surface area contributed by atoms with Gasteiger partial charge in [-0.05, 0) is 31.2 Å². The number of hydrogen-bond acceptors (Lipinski definition) is 5. The van der Waals surface area contributed by atoms with Crippen molar-refractivity contribution in [2.45, 2.75) is 11.8 Å². The Labute approximate surface area is 126 Å². The quantitative estimate of drug-likeness (QED) is 0.844. The first kappa shape index (κ1) is 15.5. The lowest BCUT2D eigenvalue weighted by molar-refractivity contribution is -0.122. The molecule has 2 rings (SSSR count). The van der Waals surface area contributed by atoms with Gasteiger partial charge >= 0.3 is 0 Å². The first-order valence-corrected chi connectivity index (χ1v) is 8.46. The number of amides is 1. The molecule has 0 aliphatic heterocycles. The second kappa shape index (κ2) is 6.28. The summed E-state index contributed by atoms with van der Waals surface area (Å²) in [5, 5.41) is 2.95. The third kappa shape index (κ3) is 3.62. The molecule has 8 heteroatoms. The summed E-state index contributed by atoms with van der Waals surface area (Å²) in [6.07, 6.45) is 1.51. The normalized spacial score (nSPS) is 11.3. The first-order valence-electron chi connectivity index (χ1n) is 6.15. The van der Waals surface area contributed by atoms with Crippen molar-refractivity contribution >= 4 is 36.5 Å². The van der Waals surface area contributed by atoms with E-state index in [0.717, 1.165) is 0 Å². The Bertz CT molecular complexity index is 777. The molecular weight excluding hydrogens is 316 g/mol. The third-order valence-electron chi connectivity index (χ3n) is 2.69. The maximum atomic E-state index is 11.5. The van der Waals surface area contributed by atoms with Gasteiger partial charge in [0.05, 0.1) is 4.90 Å². The van der Waals surface area contributed by atoms with Gasteiger partial charge in [0.25, 0.3) is 15.0 Å². The lowest BCUT2D eigenvalue weighted by atomic mass is 10.2. The molecule has 0 unspecified atom stereocenters. The summed E-state index contributed by atoms with van der Waals surface area (Å²) in [6, 6.07) is 5.95. The largest absolute Gasteiger partial charge is 0.481 e. The lowest BCUT2D eigenvalue weighted by Crippen LogP contribution is -2.28. The Hall–Kier alpha value is -1.86. The van der Waals surface area contributed by atoms with E-state index in [1.807, 2.05) is 0 Å². The highest BCUT2D eigenvalue weighted by molar-refractivity contribution is 8.14. The fraction of sp³-hybridized carbons (Fsp3) is 0.231. The smallest absolute Gasteiger partial charge is 0.261 e. The zero-order valence-corrected chi connectivity index (χ0v) is 12.7. The topological polar surface area (TPSA) is 85.4 Å². The van der Waals surface area contributed by atoms with Crippen LogP contribution >= 0.6 is 10.7 Å². The number of pyridine rings is 1. The van der Waals surface area contributed by atoms with Crippen LogP contribution in [0.4, 0.5) is 0 Å². The number of aromatic nitrogens is 1. The van der Waals surface area contributed by atoms with Crippen molar-refractivity contribution < 1.29 is 17.9 Å². The molecule has 6 nitrogen and oxygen atoms in total. The van der Waals surface area contributed by atoms with Crippen molar-refractivity contribution in [2.24, 2.45) is 0 Å². The average Bonchev–Trinajstić information content (AvgIpc) is 2.43. The molecular formula is C13H13ClN2O4S. The van der Waals surface area contributed by atoms with Crippen LogP contribution < -0.4 is 10.1 Å². The number of hydrogen-bond donors (Lipinski definition) is 1. The van der Waals surface area contributed by atoms with Gasteiger partial charge in [0.15, 0.2) is 6.61 Å². The van der Waals surface area contributed by atoms with E-state index in [1.165, 1.54) is 18.3 Å². The summed E-state index contributed by atoms with van der Waals surface area (Å²) < 4.78 is 28.5. The van der Waals surface area contributed by atoms with E-state index in [4.69, 9.17) is 15.4 Å². The highest BCUT2D eigenvalue weighted by atomic mass is 35.7. The number of carbonyl (C=O) groups is 1. The van der Waals surface area contributed by atoms with Crippen LogP contribution in [0.5, 0.6) is 5.75 Å². The zero-order valence-electron chi connectivity index (χ0n) is 11.2. The molecule has 112 valence electrons. The molecule has 0 atom stereocenters. The number of nitrogens with one attached hydrogen (secondary N) is 1. The highest BCUT2D eigenvalue weighted by Crippen LogP contribution is 2.31. The zero-order chi connectivity index (χ0) is 15.5. The van der Waals surface area contributed by atoms with Crippen LogP contribution in [-0.2, 0) is 13.8 Å². The summed E-state index contributed by atoms with van der Waals surface area (Å²) in [6.45, 7) is 2.13. The number of benzene rings is 1. The Balaban J connectivity index is 2.41. The second-order valence-electron chi connectivity index (χ2n) is 4.14. The molecule has 0 aliphatic rings. The van der Waals surface area contributed by atoms with Crippen molar-refractivity contribution in [1.82, 2.24) is 10.3 Å². The van der Waals surface area contributed by atoms with E-state index in [9.17, 15) is 13.2 Å². The van der Waals surface area contributed by atoms with E-state index < -0.39 is 9.05 Å². The van der Waals surface area contributed by atoms with E-state index in [0.29, 0.717) is 23.2 Å². The Kier molecular flexibility index (Phi) is 4.64. The fourth-order valence-electron chi connectivity index (χ4n) is 1.84. The number of rotatable bonds is 5. The molecule has 1 N–H and O–H groups in total. The minimum absolute atomic E-state index is 0.0439. The molecule has 1 aromatic carbocycles. The summed E-state index contributed by atoms with van der Waals surface area (Å²) in [7, 11) is 1.51. The number of ether oxygens (including phenoxy) is 1. The van der Waals surface area contributed by atoms with Gasteiger partial charge in [-0.2, -0.15) is 0 Å². The van der Waals surface area contributed by atoms with E-state index in [1.54, 1.807) is 19.1 Å². The van der Waals surface area contributed by atoms with Crippen LogP contribution in [0.3, 0.4) is 0 Å². The molecule has 1 heterocycles. The van der Waals surface area contributed by atoms with Gasteiger partial charge in [0.1, 0.15) is 11.3 Å². The molecule has 0 spiro atoms. The monoisotopic (exact) mass is 328 g/mol. The maximum Gasteiger partial charge on any atom is 0.261 e. The van der Waals surface area contributed by atoms with Crippen molar-refractivity contribution in [3.05, 3.63) is 30.5 Å². The van der Waals surface area contributed by atoms with Crippen LogP contribution in [0.15, 0.2) is 35.4 Å². The van der Waals surface area contributed by atoms with Crippen molar-refractivity contribution in [1.29, 1.82) is 0 Å². The van der Waals surface area contributed by atoms with Crippen LogP contribution in [0.2, 0.25) is 0 Å². The predicted molar refractivity (Wildman–Crippen MR) is 79.0 cm³/mol. The molecule has 0 bridgehead atoms. The van der Waals surface area contributed by atoms with Crippen molar-refractivity contribution in [3.8, 4) is 5.75 Å². The lowest BCUT2D eigenvalue weighted by Gasteiger charge is -2.10. The molecule has 0 radical (unpaired) electrons. The van der Waals surface area contributed by atoms with E-state index in [2.05, 4.69) is 10.3 Å². The maximum absolute atomic E-state index is 11.5. The number of halogens is 1. The van der Waals surface area contributed by atoms with Crippen LogP contribution in [-0.4, -0.2) is 32.5 Å². The van der Waals surface area contributed by atoms with Gasteiger partial charge in [0.2, 0.25) is 0 Å². The van der Waals surface area contributed by atoms with Crippen LogP contribution in [0, 0.1) is 0 Å². The minimum atomic E-state index is -3.89. The van der Waals surface area contributed by atoms with E-state index in [-0.39, 0.29) is 17.4 Å². The van der Waals surface area contributed by atoms with Crippen LogP contribution in [0.25, 0.3) is 10.9 Å².